The van der Waals surface area contributed by atoms with Crippen molar-refractivity contribution in [2.75, 3.05) is 6.54 Å². The third kappa shape index (κ3) is 3.64. The molecule has 4 rings (SSSR count). The molecule has 0 bridgehead atoms. The molecule has 0 radical (unpaired) electrons. The number of para-hydroxylation sites is 1. The second-order valence-electron chi connectivity index (χ2n) is 6.83. The number of unbranched alkanes of at least 4 members (excludes halogenated alkanes) is 1. The standard InChI is InChI=1S/C24H23ClN2/c25-22-11-6-10-21-20(9-4-5-16-26)23(27-24(21)22)19-14-12-18(13-15-19)17-7-2-1-3-8-17/h1-3,6-8,10-15,27H,4-5,9,16,26H2. The first kappa shape index (κ1) is 17.8. The van der Waals surface area contributed by atoms with Crippen molar-refractivity contribution in [3.63, 3.8) is 0 Å². The van der Waals surface area contributed by atoms with E-state index in [9.17, 15) is 0 Å². The molecular formula is C24H23ClN2. The maximum Gasteiger partial charge on any atom is 0.0651 e. The zero-order valence-corrected chi connectivity index (χ0v) is 16.0. The highest BCUT2D eigenvalue weighted by Gasteiger charge is 2.14. The first-order valence-corrected chi connectivity index (χ1v) is 9.80. The van der Waals surface area contributed by atoms with Gasteiger partial charge in [0.25, 0.3) is 0 Å². The highest BCUT2D eigenvalue weighted by Crippen LogP contribution is 2.35. The number of nitrogens with two attached hydrogens (primary N) is 1. The molecule has 0 saturated carbocycles. The number of aromatic nitrogens is 1. The zero-order chi connectivity index (χ0) is 18.6. The van der Waals surface area contributed by atoms with E-state index in [1.54, 1.807) is 0 Å². The minimum absolute atomic E-state index is 0.726. The third-order valence-corrected chi connectivity index (χ3v) is 5.37. The highest BCUT2D eigenvalue weighted by atomic mass is 35.5. The molecule has 0 fully saturated rings. The molecule has 0 atom stereocenters. The number of rotatable bonds is 6. The van der Waals surface area contributed by atoms with Crippen LogP contribution in [0.15, 0.2) is 72.8 Å². The van der Waals surface area contributed by atoms with Gasteiger partial charge in [0.1, 0.15) is 0 Å². The lowest BCUT2D eigenvalue weighted by Crippen LogP contribution is -1.99. The summed E-state index contributed by atoms with van der Waals surface area (Å²) in [5.41, 5.74) is 12.8. The van der Waals surface area contributed by atoms with Gasteiger partial charge in [-0.15, -0.1) is 0 Å². The van der Waals surface area contributed by atoms with Crippen LogP contribution >= 0.6 is 11.6 Å². The van der Waals surface area contributed by atoms with Gasteiger partial charge in [0, 0.05) is 11.1 Å². The van der Waals surface area contributed by atoms with Gasteiger partial charge in [-0.3, -0.25) is 0 Å². The average Bonchev–Trinajstić information content (AvgIpc) is 3.09. The molecule has 4 aromatic rings. The minimum Gasteiger partial charge on any atom is -0.353 e. The lowest BCUT2D eigenvalue weighted by Gasteiger charge is -2.07. The molecule has 3 N–H and O–H groups in total. The van der Waals surface area contributed by atoms with Crippen molar-refractivity contribution in [2.45, 2.75) is 19.3 Å². The first-order valence-electron chi connectivity index (χ1n) is 9.43. The summed E-state index contributed by atoms with van der Waals surface area (Å²) in [6, 6.07) is 25.3. The molecule has 0 amide bonds. The number of halogens is 1. The van der Waals surface area contributed by atoms with Crippen LogP contribution in [0.1, 0.15) is 18.4 Å². The van der Waals surface area contributed by atoms with Crippen LogP contribution in [0.25, 0.3) is 33.3 Å². The van der Waals surface area contributed by atoms with E-state index >= 15 is 0 Å². The highest BCUT2D eigenvalue weighted by molar-refractivity contribution is 6.35. The molecule has 1 aromatic heterocycles. The van der Waals surface area contributed by atoms with Crippen LogP contribution < -0.4 is 5.73 Å². The van der Waals surface area contributed by atoms with Crippen LogP contribution in [0.2, 0.25) is 5.02 Å². The Labute approximate surface area is 165 Å². The second kappa shape index (κ2) is 7.99. The maximum absolute atomic E-state index is 6.45. The van der Waals surface area contributed by atoms with Gasteiger partial charge in [-0.2, -0.15) is 0 Å². The Bertz CT molecular complexity index is 1030. The number of H-pyrrole nitrogens is 1. The van der Waals surface area contributed by atoms with Gasteiger partial charge in [0.2, 0.25) is 0 Å². The molecule has 3 heteroatoms. The quantitative estimate of drug-likeness (QED) is 0.375. The van der Waals surface area contributed by atoms with Gasteiger partial charge in [-0.1, -0.05) is 78.3 Å². The van der Waals surface area contributed by atoms with Crippen molar-refractivity contribution in [1.82, 2.24) is 4.98 Å². The second-order valence-corrected chi connectivity index (χ2v) is 7.24. The van der Waals surface area contributed by atoms with Gasteiger partial charge >= 0.3 is 0 Å². The predicted molar refractivity (Wildman–Crippen MR) is 116 cm³/mol. The summed E-state index contributed by atoms with van der Waals surface area (Å²) in [6.45, 7) is 0.726. The Balaban J connectivity index is 1.76. The van der Waals surface area contributed by atoms with E-state index in [0.717, 1.165) is 42.0 Å². The number of hydrogen-bond acceptors (Lipinski definition) is 1. The van der Waals surface area contributed by atoms with Crippen molar-refractivity contribution < 1.29 is 0 Å². The molecule has 27 heavy (non-hydrogen) atoms. The topological polar surface area (TPSA) is 41.8 Å². The zero-order valence-electron chi connectivity index (χ0n) is 15.2. The normalized spacial score (nSPS) is 11.2. The van der Waals surface area contributed by atoms with E-state index < -0.39 is 0 Å². The molecule has 0 aliphatic rings. The molecule has 0 saturated heterocycles. The number of aryl methyl sites for hydroxylation is 1. The Morgan fingerprint density at radius 2 is 1.44 bits per heavy atom. The molecular weight excluding hydrogens is 352 g/mol. The number of aromatic amines is 1. The summed E-state index contributed by atoms with van der Waals surface area (Å²) < 4.78 is 0. The number of benzene rings is 3. The summed E-state index contributed by atoms with van der Waals surface area (Å²) in [4.78, 5) is 3.57. The van der Waals surface area contributed by atoms with Gasteiger partial charge in [-0.05, 0) is 54.1 Å². The number of hydrogen-bond donors (Lipinski definition) is 2. The Hall–Kier alpha value is -2.55. The van der Waals surface area contributed by atoms with Crippen LogP contribution in [0.4, 0.5) is 0 Å². The van der Waals surface area contributed by atoms with Crippen molar-refractivity contribution in [3.8, 4) is 22.4 Å². The van der Waals surface area contributed by atoms with Crippen molar-refractivity contribution in [2.24, 2.45) is 5.73 Å². The summed E-state index contributed by atoms with van der Waals surface area (Å²) in [5.74, 6) is 0. The fourth-order valence-corrected chi connectivity index (χ4v) is 3.87. The van der Waals surface area contributed by atoms with Gasteiger partial charge in [0.15, 0.2) is 0 Å². The van der Waals surface area contributed by atoms with Gasteiger partial charge in [0.05, 0.1) is 10.5 Å². The Morgan fingerprint density at radius 1 is 0.741 bits per heavy atom. The first-order chi connectivity index (χ1) is 13.3. The lowest BCUT2D eigenvalue weighted by molar-refractivity contribution is 0.748. The van der Waals surface area contributed by atoms with E-state index in [0.29, 0.717) is 0 Å². The maximum atomic E-state index is 6.45. The fraction of sp³-hybridized carbons (Fsp3) is 0.167. The number of fused-ring (bicyclic) bond motifs is 1. The average molecular weight is 375 g/mol. The molecule has 136 valence electrons. The molecule has 3 aromatic carbocycles. The molecule has 0 spiro atoms. The van der Waals surface area contributed by atoms with Gasteiger partial charge in [-0.25, -0.2) is 0 Å². The third-order valence-electron chi connectivity index (χ3n) is 5.05. The van der Waals surface area contributed by atoms with E-state index in [2.05, 4.69) is 59.6 Å². The van der Waals surface area contributed by atoms with E-state index in [1.807, 2.05) is 18.2 Å². The fourth-order valence-electron chi connectivity index (χ4n) is 3.65. The van der Waals surface area contributed by atoms with Crippen LogP contribution in [0.5, 0.6) is 0 Å². The largest absolute Gasteiger partial charge is 0.353 e. The van der Waals surface area contributed by atoms with E-state index in [-0.39, 0.29) is 0 Å². The number of nitrogens with one attached hydrogen (secondary N) is 1. The van der Waals surface area contributed by atoms with Crippen molar-refractivity contribution in [1.29, 1.82) is 0 Å². The van der Waals surface area contributed by atoms with Gasteiger partial charge < -0.3 is 10.7 Å². The van der Waals surface area contributed by atoms with Crippen LogP contribution in [0.3, 0.4) is 0 Å². The van der Waals surface area contributed by atoms with Crippen molar-refractivity contribution >= 4 is 22.5 Å². The minimum atomic E-state index is 0.726. The van der Waals surface area contributed by atoms with E-state index in [4.69, 9.17) is 17.3 Å². The van der Waals surface area contributed by atoms with Crippen LogP contribution in [-0.4, -0.2) is 11.5 Å². The van der Waals surface area contributed by atoms with Crippen LogP contribution in [0, 0.1) is 0 Å². The molecule has 0 aliphatic heterocycles. The summed E-state index contributed by atoms with van der Waals surface area (Å²) in [7, 11) is 0. The smallest absolute Gasteiger partial charge is 0.0651 e. The SMILES string of the molecule is NCCCCc1c(-c2ccc(-c3ccccc3)cc2)[nH]c2c(Cl)cccc12. The van der Waals surface area contributed by atoms with Crippen molar-refractivity contribution in [3.05, 3.63) is 83.4 Å². The molecule has 0 aliphatic carbocycles. The molecule has 0 unspecified atom stereocenters. The Morgan fingerprint density at radius 3 is 2.19 bits per heavy atom. The summed E-state index contributed by atoms with van der Waals surface area (Å²) >= 11 is 6.45. The predicted octanol–water partition coefficient (Wildman–Crippen LogP) is 6.44. The summed E-state index contributed by atoms with van der Waals surface area (Å²) in [5, 5.41) is 1.97. The summed E-state index contributed by atoms with van der Waals surface area (Å²) in [6.07, 6.45) is 3.10. The monoisotopic (exact) mass is 374 g/mol. The Kier molecular flexibility index (Phi) is 5.28. The van der Waals surface area contributed by atoms with Crippen LogP contribution in [-0.2, 0) is 6.42 Å². The lowest BCUT2D eigenvalue weighted by atomic mass is 9.98. The molecule has 2 nitrogen and oxygen atoms in total. The van der Waals surface area contributed by atoms with E-state index in [1.165, 1.54) is 27.6 Å². The molecule has 1 heterocycles.